The topological polar surface area (TPSA) is 40.7 Å². The van der Waals surface area contributed by atoms with Crippen LogP contribution in [0.25, 0.3) is 0 Å². The van der Waals surface area contributed by atoms with Crippen LogP contribution in [0.1, 0.15) is 0 Å². The van der Waals surface area contributed by atoms with E-state index in [-0.39, 0.29) is 5.48 Å². The van der Waals surface area contributed by atoms with E-state index < -0.39 is 20.4 Å². The minimum absolute atomic E-state index is 0. The van der Waals surface area contributed by atoms with Gasteiger partial charge >= 0.3 is 39.5 Å². The van der Waals surface area contributed by atoms with Gasteiger partial charge in [-0.3, -0.25) is 0 Å². The van der Waals surface area contributed by atoms with E-state index in [1.807, 2.05) is 0 Å². The molecule has 0 spiro atoms. The molecule has 0 rings (SSSR count). The minimum Gasteiger partial charge on any atom is -0.412 e. The van der Waals surface area contributed by atoms with Gasteiger partial charge in [-0.1, -0.05) is 0 Å². The van der Waals surface area contributed by atoms with Gasteiger partial charge in [-0.05, 0) is 0 Å². The van der Waals surface area contributed by atoms with Gasteiger partial charge in [0, 0.05) is 0 Å². The SMILES string of the molecule is C[O][Sn][Cl].O. The summed E-state index contributed by atoms with van der Waals surface area (Å²) in [6.45, 7) is 0. The van der Waals surface area contributed by atoms with Crippen LogP contribution in [0.5, 0.6) is 0 Å². The van der Waals surface area contributed by atoms with Crippen molar-refractivity contribution in [2.24, 2.45) is 0 Å². The third kappa shape index (κ3) is 11.2. The molecule has 0 aromatic carbocycles. The molecule has 0 aliphatic rings. The maximum atomic E-state index is 5.13. The third-order valence-corrected chi connectivity index (χ3v) is 1.55. The predicted molar refractivity (Wildman–Crippen MR) is 22.2 cm³/mol. The molecule has 0 fully saturated rings. The Morgan fingerprint density at radius 3 is 2.00 bits per heavy atom. The van der Waals surface area contributed by atoms with Gasteiger partial charge in [0.2, 0.25) is 0 Å². The number of rotatable bonds is 1. The van der Waals surface area contributed by atoms with Crippen LogP contribution in [-0.4, -0.2) is 33.0 Å². The van der Waals surface area contributed by atoms with E-state index >= 15 is 0 Å². The van der Waals surface area contributed by atoms with Crippen LogP contribution in [0, 0.1) is 0 Å². The maximum Gasteiger partial charge on any atom is -0.412 e. The fraction of sp³-hybridized carbons (Fsp3) is 1.00. The first kappa shape index (κ1) is 9.38. The van der Waals surface area contributed by atoms with Gasteiger partial charge in [0.05, 0.1) is 0 Å². The first-order valence-corrected chi connectivity index (χ1v) is 5.58. The van der Waals surface area contributed by atoms with Gasteiger partial charge < -0.3 is 5.48 Å². The molecular weight excluding hydrogens is 198 g/mol. The second-order valence-corrected chi connectivity index (χ2v) is 2.92. The van der Waals surface area contributed by atoms with E-state index in [0.717, 1.165) is 0 Å². The average molecular weight is 203 g/mol. The van der Waals surface area contributed by atoms with Crippen LogP contribution >= 0.6 is 8.92 Å². The average Bonchev–Trinajstić information content (AvgIpc) is 1.37. The first-order chi connectivity index (χ1) is 1.91. The molecule has 0 saturated heterocycles. The fourth-order valence-corrected chi connectivity index (χ4v) is 0. The molecule has 2 nitrogen and oxygen atoms in total. The molecule has 0 aliphatic carbocycles. The third-order valence-electron chi connectivity index (χ3n) is 0.0772. The first-order valence-electron chi connectivity index (χ1n) is 0.801. The maximum absolute atomic E-state index is 5.13. The fourth-order valence-electron chi connectivity index (χ4n) is 0. The summed E-state index contributed by atoms with van der Waals surface area (Å²) in [4.78, 5) is 0. The van der Waals surface area contributed by atoms with Gasteiger partial charge in [0.25, 0.3) is 0 Å². The standard InChI is InChI=1S/CH3O.ClH.H2O.Sn/c1-2;;;/h1H3;1H;1H2;/q-1;;;+2/p-1. The second-order valence-electron chi connectivity index (χ2n) is 0.281. The Morgan fingerprint density at radius 1 is 1.80 bits per heavy atom. The molecule has 0 atom stereocenters. The molecule has 0 heterocycles. The molecular formula is CH5ClO2Sn. The van der Waals surface area contributed by atoms with Crippen molar-refractivity contribution in [2.45, 2.75) is 0 Å². The van der Waals surface area contributed by atoms with Crippen molar-refractivity contribution in [1.29, 1.82) is 0 Å². The summed E-state index contributed by atoms with van der Waals surface area (Å²) in [6.07, 6.45) is 0. The largest absolute Gasteiger partial charge is 0.412 e. The van der Waals surface area contributed by atoms with Crippen LogP contribution in [0.15, 0.2) is 0 Å². The Morgan fingerprint density at radius 2 is 2.00 bits per heavy atom. The summed E-state index contributed by atoms with van der Waals surface area (Å²) in [7, 11) is 6.76. The molecule has 0 bridgehead atoms. The summed E-state index contributed by atoms with van der Waals surface area (Å²) in [6, 6.07) is 0. The zero-order valence-corrected chi connectivity index (χ0v) is 6.40. The van der Waals surface area contributed by atoms with Gasteiger partial charge in [0.1, 0.15) is 0 Å². The van der Waals surface area contributed by atoms with E-state index in [1.54, 1.807) is 7.11 Å². The Kier molecular flexibility index (Phi) is 16.7. The molecule has 0 aromatic heterocycles. The van der Waals surface area contributed by atoms with Crippen molar-refractivity contribution in [3.8, 4) is 0 Å². The molecule has 0 aliphatic heterocycles. The molecule has 5 heavy (non-hydrogen) atoms. The minimum atomic E-state index is -0.804. The molecule has 0 unspecified atom stereocenters. The van der Waals surface area contributed by atoms with E-state index in [0.29, 0.717) is 0 Å². The summed E-state index contributed by atoms with van der Waals surface area (Å²) in [5.41, 5.74) is 0. The zero-order chi connectivity index (χ0) is 3.41. The molecule has 2 N–H and O–H groups in total. The van der Waals surface area contributed by atoms with E-state index in [4.69, 9.17) is 8.92 Å². The van der Waals surface area contributed by atoms with Crippen LogP contribution in [-0.2, 0) is 3.07 Å². The smallest absolute Gasteiger partial charge is 0.412 e. The van der Waals surface area contributed by atoms with Crippen LogP contribution in [0.4, 0.5) is 0 Å². The molecule has 2 radical (unpaired) electrons. The molecule has 0 saturated carbocycles. The zero-order valence-electron chi connectivity index (χ0n) is 2.79. The van der Waals surface area contributed by atoms with E-state index in [2.05, 4.69) is 3.07 Å². The molecule has 0 aromatic rings. The van der Waals surface area contributed by atoms with Crippen LogP contribution in [0.2, 0.25) is 0 Å². The van der Waals surface area contributed by atoms with Crippen molar-refractivity contribution in [2.75, 3.05) is 7.11 Å². The second kappa shape index (κ2) is 8.89. The Labute approximate surface area is 45.2 Å². The Bertz CT molecular complexity index is 11.6. The van der Waals surface area contributed by atoms with Crippen molar-refractivity contribution >= 4 is 29.4 Å². The van der Waals surface area contributed by atoms with Crippen molar-refractivity contribution in [1.82, 2.24) is 0 Å². The van der Waals surface area contributed by atoms with Crippen molar-refractivity contribution in [3.63, 3.8) is 0 Å². The van der Waals surface area contributed by atoms with Crippen LogP contribution < -0.4 is 0 Å². The van der Waals surface area contributed by atoms with Gasteiger partial charge in [-0.15, -0.1) is 0 Å². The van der Waals surface area contributed by atoms with E-state index in [9.17, 15) is 0 Å². The number of hydrogen-bond donors (Lipinski definition) is 0. The normalized spacial score (nSPS) is 6.00. The summed E-state index contributed by atoms with van der Waals surface area (Å²) >= 11 is -0.804. The molecule has 32 valence electrons. The molecule has 4 heteroatoms. The Hall–Kier alpha value is 1.01. The van der Waals surface area contributed by atoms with Crippen molar-refractivity contribution in [3.05, 3.63) is 0 Å². The summed E-state index contributed by atoms with van der Waals surface area (Å²) in [5, 5.41) is 0. The summed E-state index contributed by atoms with van der Waals surface area (Å²) < 4.78 is 4.48. The van der Waals surface area contributed by atoms with Crippen LogP contribution in [0.3, 0.4) is 0 Å². The number of halogens is 1. The number of hydrogen-bond acceptors (Lipinski definition) is 1. The molecule has 0 amide bonds. The predicted octanol–water partition coefficient (Wildman–Crippen LogP) is -0.419. The van der Waals surface area contributed by atoms with Gasteiger partial charge in [-0.2, -0.15) is 0 Å². The van der Waals surface area contributed by atoms with Crippen molar-refractivity contribution < 1.29 is 8.55 Å². The summed E-state index contributed by atoms with van der Waals surface area (Å²) in [5.74, 6) is 0. The van der Waals surface area contributed by atoms with Gasteiger partial charge in [-0.25, -0.2) is 0 Å². The van der Waals surface area contributed by atoms with Gasteiger partial charge in [0.15, 0.2) is 0 Å². The Balaban J connectivity index is 0. The van der Waals surface area contributed by atoms with E-state index in [1.165, 1.54) is 0 Å². The quantitative estimate of drug-likeness (QED) is 0.534. The monoisotopic (exact) mass is 204 g/mol.